The summed E-state index contributed by atoms with van der Waals surface area (Å²) in [5.74, 6) is -1.23. The number of hydrogen-bond donors (Lipinski definition) is 3. The van der Waals surface area contributed by atoms with Crippen molar-refractivity contribution in [2.75, 3.05) is 26.2 Å². The van der Waals surface area contributed by atoms with E-state index in [2.05, 4.69) is 10.2 Å². The summed E-state index contributed by atoms with van der Waals surface area (Å²) in [7, 11) is 0. The molecular weight excluding hydrogens is 581 g/mol. The monoisotopic (exact) mass is 617 g/mol. The third-order valence-corrected chi connectivity index (χ3v) is 8.18. The molecule has 0 aliphatic carbocycles. The highest BCUT2D eigenvalue weighted by atomic mass is 35.5. The number of urea groups is 1. The highest BCUT2D eigenvalue weighted by Crippen LogP contribution is 2.34. The van der Waals surface area contributed by atoms with Crippen LogP contribution in [0, 0.1) is 16.0 Å². The van der Waals surface area contributed by atoms with Crippen LogP contribution in [0.2, 0.25) is 5.02 Å². The first-order valence-electron chi connectivity index (χ1n) is 13.7. The van der Waals surface area contributed by atoms with E-state index < -0.39 is 22.3 Å². The van der Waals surface area contributed by atoms with Gasteiger partial charge in [-0.05, 0) is 49.4 Å². The Kier molecular flexibility index (Phi) is 11.1. The lowest BCUT2D eigenvalue weighted by Gasteiger charge is -2.39. The van der Waals surface area contributed by atoms with Gasteiger partial charge in [-0.1, -0.05) is 54.9 Å². The molecule has 226 valence electrons. The number of carbonyl (C=O) groups is 2. The Morgan fingerprint density at radius 1 is 1.14 bits per heavy atom. The molecule has 4 rings (SSSR count). The van der Waals surface area contributed by atoms with E-state index in [1.54, 1.807) is 29.2 Å². The molecule has 1 saturated heterocycles. The minimum atomic E-state index is -0.954. The molecule has 2 unspecified atom stereocenters. The number of allylic oxidation sites excluding steroid dienone is 4. The third-order valence-electron chi connectivity index (χ3n) is 7.93. The first kappa shape index (κ1) is 33.1. The zero-order valence-corrected chi connectivity index (χ0v) is 25.2. The quantitative estimate of drug-likeness (QED) is 0.265. The van der Waals surface area contributed by atoms with Gasteiger partial charge >= 0.3 is 6.03 Å². The third kappa shape index (κ3) is 7.69. The molecule has 12 heteroatoms. The fraction of sp³-hybridized carbons (Fsp3) is 0.400. The zero-order valence-electron chi connectivity index (χ0n) is 23.7. The van der Waals surface area contributed by atoms with Crippen LogP contribution in [0.15, 0.2) is 72.1 Å². The van der Waals surface area contributed by atoms with Gasteiger partial charge in [-0.2, -0.15) is 0 Å². The Morgan fingerprint density at radius 2 is 1.76 bits per heavy atom. The molecule has 42 heavy (non-hydrogen) atoms. The topological polar surface area (TPSA) is 142 Å². The number of non-ortho nitro benzene ring substituents is 1. The second-order valence-corrected chi connectivity index (χ2v) is 11.1. The lowest BCUT2D eigenvalue weighted by atomic mass is 9.84. The average molecular weight is 619 g/mol. The summed E-state index contributed by atoms with van der Waals surface area (Å²) in [5, 5.41) is 25.6. The van der Waals surface area contributed by atoms with Crippen LogP contribution in [-0.2, 0) is 10.4 Å². The minimum absolute atomic E-state index is 0. The minimum Gasteiger partial charge on any atom is -0.385 e. The molecule has 0 bridgehead atoms. The van der Waals surface area contributed by atoms with Gasteiger partial charge in [0.25, 0.3) is 5.69 Å². The molecular formula is C30H37Cl2N5O5. The lowest BCUT2D eigenvalue weighted by Crippen LogP contribution is -2.49. The van der Waals surface area contributed by atoms with Gasteiger partial charge in [0.2, 0.25) is 5.91 Å². The van der Waals surface area contributed by atoms with E-state index >= 15 is 0 Å². The molecule has 2 atom stereocenters. The zero-order chi connectivity index (χ0) is 29.7. The van der Waals surface area contributed by atoms with Gasteiger partial charge in [0, 0.05) is 60.6 Å². The Hall–Kier alpha value is -3.44. The molecule has 0 saturated carbocycles. The number of carbonyl (C=O) groups excluding carboxylic acids is 2. The number of nitrogens with two attached hydrogens (primary N) is 1. The number of rotatable bonds is 9. The number of nitrogens with zero attached hydrogens (tertiary/aromatic N) is 3. The number of aliphatic hydroxyl groups is 1. The van der Waals surface area contributed by atoms with Gasteiger partial charge in [-0.3, -0.25) is 19.8 Å². The predicted molar refractivity (Wildman–Crippen MR) is 164 cm³/mol. The first-order valence-corrected chi connectivity index (χ1v) is 14.1. The van der Waals surface area contributed by atoms with Crippen LogP contribution in [0.5, 0.6) is 0 Å². The molecule has 2 aromatic carbocycles. The largest absolute Gasteiger partial charge is 0.385 e. The van der Waals surface area contributed by atoms with E-state index in [1.807, 2.05) is 38.1 Å². The molecule has 1 fully saturated rings. The Balaban J connectivity index is 0.00000484. The van der Waals surface area contributed by atoms with Gasteiger partial charge in [-0.15, -0.1) is 12.4 Å². The van der Waals surface area contributed by atoms with Gasteiger partial charge in [0.05, 0.1) is 16.4 Å². The van der Waals surface area contributed by atoms with Crippen molar-refractivity contribution in [2.24, 2.45) is 11.7 Å². The Bertz CT molecular complexity index is 1340. The average Bonchev–Trinajstić information content (AvgIpc) is 2.95. The lowest BCUT2D eigenvalue weighted by molar-refractivity contribution is -0.384. The van der Waals surface area contributed by atoms with Crippen molar-refractivity contribution in [3.05, 3.63) is 98.3 Å². The number of amides is 3. The standard InChI is InChI=1S/C30H36ClN5O5.ClH/c1-3-26-17-22(21-4-10-27(11-5-21)36(40)41)16-20(2)35(26)29(38)33-18-23(28(32)37)19-34-14-12-30(39,13-15-34)24-6-8-25(31)9-7-24;/h4-11,16-17,22-23,39H,3,12-15,18-19H2,1-2H3,(H2,32,37)(H,33,38);1H. The number of nitro benzene ring substituents is 1. The van der Waals surface area contributed by atoms with Crippen LogP contribution in [0.3, 0.4) is 0 Å². The van der Waals surface area contributed by atoms with Crippen molar-refractivity contribution in [3.63, 3.8) is 0 Å². The molecule has 4 N–H and O–H groups in total. The molecule has 2 aromatic rings. The number of primary amides is 1. The summed E-state index contributed by atoms with van der Waals surface area (Å²) in [6.45, 7) is 5.40. The predicted octanol–water partition coefficient (Wildman–Crippen LogP) is 5.06. The number of nitro groups is 1. The normalized spacial score (nSPS) is 19.1. The number of benzene rings is 2. The van der Waals surface area contributed by atoms with Crippen LogP contribution >= 0.6 is 24.0 Å². The van der Waals surface area contributed by atoms with Crippen molar-refractivity contribution in [1.29, 1.82) is 0 Å². The van der Waals surface area contributed by atoms with E-state index in [0.717, 1.165) is 22.5 Å². The van der Waals surface area contributed by atoms with Gasteiger partial charge in [0.1, 0.15) is 0 Å². The molecule has 10 nitrogen and oxygen atoms in total. The fourth-order valence-corrected chi connectivity index (χ4v) is 5.60. The number of nitrogens with one attached hydrogen (secondary N) is 1. The maximum absolute atomic E-state index is 13.3. The summed E-state index contributed by atoms with van der Waals surface area (Å²) < 4.78 is 0. The van der Waals surface area contributed by atoms with Crippen molar-refractivity contribution in [2.45, 2.75) is 44.6 Å². The summed E-state index contributed by atoms with van der Waals surface area (Å²) in [6, 6.07) is 13.2. The fourth-order valence-electron chi connectivity index (χ4n) is 5.48. The Labute approximate surface area is 256 Å². The maximum Gasteiger partial charge on any atom is 0.325 e. The van der Waals surface area contributed by atoms with E-state index in [-0.39, 0.29) is 36.6 Å². The Morgan fingerprint density at radius 3 is 2.31 bits per heavy atom. The summed E-state index contributed by atoms with van der Waals surface area (Å²) in [5.41, 5.74) is 8.00. The van der Waals surface area contributed by atoms with Gasteiger partial charge in [-0.25, -0.2) is 4.79 Å². The van der Waals surface area contributed by atoms with Gasteiger partial charge < -0.3 is 21.1 Å². The number of hydrogen-bond acceptors (Lipinski definition) is 6. The van der Waals surface area contributed by atoms with Gasteiger partial charge in [0.15, 0.2) is 0 Å². The van der Waals surface area contributed by atoms with Crippen molar-refractivity contribution < 1.29 is 19.6 Å². The van der Waals surface area contributed by atoms with Crippen LogP contribution < -0.4 is 11.1 Å². The summed E-state index contributed by atoms with van der Waals surface area (Å²) >= 11 is 5.99. The molecule has 0 spiro atoms. The second kappa shape index (κ2) is 14.2. The molecule has 3 amide bonds. The van der Waals surface area contributed by atoms with Crippen LogP contribution in [0.1, 0.15) is 50.2 Å². The van der Waals surface area contributed by atoms with E-state index in [1.165, 1.54) is 12.1 Å². The number of piperidine rings is 1. The van der Waals surface area contributed by atoms with E-state index in [4.69, 9.17) is 17.3 Å². The van der Waals surface area contributed by atoms with Crippen LogP contribution in [0.4, 0.5) is 10.5 Å². The number of halogens is 2. The van der Waals surface area contributed by atoms with Crippen molar-refractivity contribution in [3.8, 4) is 0 Å². The molecule has 2 heterocycles. The summed E-state index contributed by atoms with van der Waals surface area (Å²) in [6.07, 6.45) is 5.50. The molecule has 2 aliphatic heterocycles. The molecule has 0 radical (unpaired) electrons. The molecule has 2 aliphatic rings. The van der Waals surface area contributed by atoms with Crippen molar-refractivity contribution in [1.82, 2.24) is 15.1 Å². The first-order chi connectivity index (χ1) is 19.5. The SMILES string of the molecule is CCC1=CC(c2ccc([N+](=O)[O-])cc2)C=C(C)N1C(=O)NCC(CN1CCC(O)(c2ccc(Cl)cc2)CC1)C(N)=O.Cl. The number of likely N-dealkylation sites (tertiary alicyclic amines) is 1. The van der Waals surface area contributed by atoms with E-state index in [9.17, 15) is 24.8 Å². The van der Waals surface area contributed by atoms with Crippen molar-refractivity contribution >= 4 is 41.6 Å². The smallest absolute Gasteiger partial charge is 0.325 e. The molecule has 0 aromatic heterocycles. The maximum atomic E-state index is 13.3. The van der Waals surface area contributed by atoms with Crippen LogP contribution in [-0.4, -0.2) is 57.9 Å². The second-order valence-electron chi connectivity index (χ2n) is 10.7. The highest BCUT2D eigenvalue weighted by molar-refractivity contribution is 6.30. The van der Waals surface area contributed by atoms with E-state index in [0.29, 0.717) is 43.9 Å². The summed E-state index contributed by atoms with van der Waals surface area (Å²) in [4.78, 5) is 39.8. The van der Waals surface area contributed by atoms with Crippen LogP contribution in [0.25, 0.3) is 0 Å². The highest BCUT2D eigenvalue weighted by Gasteiger charge is 2.35.